The molecule has 1 saturated heterocycles. The zero-order valence-corrected chi connectivity index (χ0v) is 18.8. The molecule has 7 nitrogen and oxygen atoms in total. The summed E-state index contributed by atoms with van der Waals surface area (Å²) < 4.78 is 10.5. The fraction of sp³-hybridized carbons (Fsp3) is 0.571. The van der Waals surface area contributed by atoms with Crippen LogP contribution in [-0.2, 0) is 19.1 Å². The second-order valence-electron chi connectivity index (χ2n) is 8.04. The number of aryl methyl sites for hydroxylation is 2. The number of carbonyl (C=O) groups excluding carboxylic acids is 3. The highest BCUT2D eigenvalue weighted by Gasteiger charge is 2.37. The molecule has 1 aromatic heterocycles. The summed E-state index contributed by atoms with van der Waals surface area (Å²) >= 11 is 1.56. The van der Waals surface area contributed by atoms with Gasteiger partial charge >= 0.3 is 12.1 Å². The first-order chi connectivity index (χ1) is 13.5. The van der Waals surface area contributed by atoms with Gasteiger partial charge in [0.05, 0.1) is 12.3 Å². The molecule has 29 heavy (non-hydrogen) atoms. The number of anilines is 1. The average molecular weight is 423 g/mol. The SMILES string of the molecule is CCOC(=O)C=C1CCN(C(=O)OC(C)(C)C)[C@H](C(=O)Nc2c(C)csc2C)C1. The minimum atomic E-state index is -0.766. The summed E-state index contributed by atoms with van der Waals surface area (Å²) in [6.07, 6.45) is 1.63. The number of carbonyl (C=O) groups is 3. The summed E-state index contributed by atoms with van der Waals surface area (Å²) in [5, 5.41) is 4.93. The third-order valence-electron chi connectivity index (χ3n) is 4.45. The molecular weight excluding hydrogens is 392 g/mol. The summed E-state index contributed by atoms with van der Waals surface area (Å²) in [4.78, 5) is 40.1. The Kier molecular flexibility index (Phi) is 7.46. The predicted octanol–water partition coefficient (Wildman–Crippen LogP) is 4.19. The van der Waals surface area contributed by atoms with E-state index in [1.165, 1.54) is 11.0 Å². The number of hydrogen-bond donors (Lipinski definition) is 1. The van der Waals surface area contributed by atoms with Gasteiger partial charge in [-0.3, -0.25) is 9.69 Å². The fourth-order valence-corrected chi connectivity index (χ4v) is 3.90. The van der Waals surface area contributed by atoms with Gasteiger partial charge in [-0.15, -0.1) is 11.3 Å². The lowest BCUT2D eigenvalue weighted by Gasteiger charge is -2.36. The molecule has 0 aliphatic carbocycles. The lowest BCUT2D eigenvalue weighted by atomic mass is 9.95. The van der Waals surface area contributed by atoms with Gasteiger partial charge in [0.25, 0.3) is 0 Å². The summed E-state index contributed by atoms with van der Waals surface area (Å²) in [7, 11) is 0. The Labute approximate surface area is 176 Å². The molecule has 1 aliphatic heterocycles. The number of nitrogens with zero attached hydrogens (tertiary/aromatic N) is 1. The van der Waals surface area contributed by atoms with E-state index in [-0.39, 0.29) is 18.9 Å². The summed E-state index contributed by atoms with van der Waals surface area (Å²) in [5.74, 6) is -0.730. The standard InChI is InChI=1S/C21H30N2O5S/c1-7-27-17(24)11-15-8-9-23(20(26)28-21(4,5)6)16(10-15)19(25)22-18-13(2)12-29-14(18)3/h11-12,16H,7-10H2,1-6H3,(H,22,25)/t16-/m0/s1. The smallest absolute Gasteiger partial charge is 0.410 e. The number of ether oxygens (including phenoxy) is 2. The van der Waals surface area contributed by atoms with Crippen LogP contribution in [0.1, 0.15) is 51.0 Å². The molecule has 0 unspecified atom stereocenters. The molecule has 2 rings (SSSR count). The van der Waals surface area contributed by atoms with E-state index in [9.17, 15) is 14.4 Å². The van der Waals surface area contributed by atoms with E-state index in [1.807, 2.05) is 19.2 Å². The quantitative estimate of drug-likeness (QED) is 0.581. The molecule has 1 N–H and O–H groups in total. The molecule has 8 heteroatoms. The minimum Gasteiger partial charge on any atom is -0.463 e. The van der Waals surface area contributed by atoms with E-state index in [0.29, 0.717) is 13.0 Å². The van der Waals surface area contributed by atoms with Crippen LogP contribution in [-0.4, -0.2) is 47.7 Å². The number of esters is 1. The summed E-state index contributed by atoms with van der Waals surface area (Å²) in [5.41, 5.74) is 1.86. The van der Waals surface area contributed by atoms with E-state index in [2.05, 4.69) is 5.32 Å². The molecule has 0 radical (unpaired) electrons. The number of likely N-dealkylation sites (tertiary alicyclic amines) is 1. The number of thiophene rings is 1. The molecule has 1 atom stereocenters. The molecular formula is C21H30N2O5S. The Bertz CT molecular complexity index is 787. The number of hydrogen-bond acceptors (Lipinski definition) is 6. The molecule has 0 spiro atoms. The van der Waals surface area contributed by atoms with Crippen molar-refractivity contribution in [3.8, 4) is 0 Å². The van der Waals surface area contributed by atoms with E-state index in [1.54, 1.807) is 39.0 Å². The van der Waals surface area contributed by atoms with Crippen LogP contribution in [0.5, 0.6) is 0 Å². The van der Waals surface area contributed by atoms with Crippen LogP contribution in [0, 0.1) is 13.8 Å². The molecule has 0 bridgehead atoms. The number of rotatable bonds is 4. The average Bonchev–Trinajstić information content (AvgIpc) is 2.92. The van der Waals surface area contributed by atoms with Crippen molar-refractivity contribution in [2.45, 2.75) is 66.0 Å². The van der Waals surface area contributed by atoms with Crippen molar-refractivity contribution in [1.29, 1.82) is 0 Å². The van der Waals surface area contributed by atoms with E-state index >= 15 is 0 Å². The van der Waals surface area contributed by atoms with Crippen molar-refractivity contribution in [2.24, 2.45) is 0 Å². The molecule has 0 saturated carbocycles. The lowest BCUT2D eigenvalue weighted by Crippen LogP contribution is -2.52. The first-order valence-electron chi connectivity index (χ1n) is 9.73. The molecule has 0 aromatic carbocycles. The van der Waals surface area contributed by atoms with Crippen molar-refractivity contribution in [2.75, 3.05) is 18.5 Å². The maximum absolute atomic E-state index is 13.1. The maximum atomic E-state index is 13.1. The van der Waals surface area contributed by atoms with E-state index in [0.717, 1.165) is 21.7 Å². The highest BCUT2D eigenvalue weighted by Crippen LogP contribution is 2.29. The van der Waals surface area contributed by atoms with Gasteiger partial charge in [-0.2, -0.15) is 0 Å². The predicted molar refractivity (Wildman–Crippen MR) is 113 cm³/mol. The first-order valence-corrected chi connectivity index (χ1v) is 10.6. The van der Waals surface area contributed by atoms with Crippen LogP contribution in [0.3, 0.4) is 0 Å². The third-order valence-corrected chi connectivity index (χ3v) is 5.48. The molecule has 2 amide bonds. The van der Waals surface area contributed by atoms with Crippen LogP contribution in [0.15, 0.2) is 17.0 Å². The lowest BCUT2D eigenvalue weighted by molar-refractivity contribution is -0.137. The van der Waals surface area contributed by atoms with Crippen molar-refractivity contribution in [1.82, 2.24) is 4.90 Å². The molecule has 1 fully saturated rings. The number of piperidine rings is 1. The van der Waals surface area contributed by atoms with Crippen LogP contribution < -0.4 is 5.32 Å². The summed E-state index contributed by atoms with van der Waals surface area (Å²) in [6.45, 7) is 11.5. The number of amides is 2. The monoisotopic (exact) mass is 422 g/mol. The van der Waals surface area contributed by atoms with Gasteiger partial charge in [0, 0.05) is 17.5 Å². The molecule has 160 valence electrons. The molecule has 1 aromatic rings. The largest absolute Gasteiger partial charge is 0.463 e. The maximum Gasteiger partial charge on any atom is 0.410 e. The van der Waals surface area contributed by atoms with Gasteiger partial charge < -0.3 is 14.8 Å². The third kappa shape index (κ3) is 6.32. The van der Waals surface area contributed by atoms with Gasteiger partial charge in [-0.1, -0.05) is 5.57 Å². The highest BCUT2D eigenvalue weighted by molar-refractivity contribution is 7.10. The first kappa shape index (κ1) is 22.9. The van der Waals surface area contributed by atoms with Crippen molar-refractivity contribution < 1.29 is 23.9 Å². The Morgan fingerprint density at radius 1 is 1.31 bits per heavy atom. The Hall–Kier alpha value is -2.35. The van der Waals surface area contributed by atoms with Gasteiger partial charge in [0.15, 0.2) is 0 Å². The Morgan fingerprint density at radius 2 is 2.00 bits per heavy atom. The number of nitrogens with one attached hydrogen (secondary N) is 1. The van der Waals surface area contributed by atoms with Gasteiger partial charge in [0.1, 0.15) is 11.6 Å². The van der Waals surface area contributed by atoms with Gasteiger partial charge in [-0.25, -0.2) is 9.59 Å². The topological polar surface area (TPSA) is 84.9 Å². The zero-order chi connectivity index (χ0) is 21.8. The van der Waals surface area contributed by atoms with Crippen LogP contribution >= 0.6 is 11.3 Å². The zero-order valence-electron chi connectivity index (χ0n) is 18.0. The molecule has 2 heterocycles. The van der Waals surface area contributed by atoms with Gasteiger partial charge in [-0.05, 0) is 65.3 Å². The van der Waals surface area contributed by atoms with Crippen molar-refractivity contribution in [3.63, 3.8) is 0 Å². The van der Waals surface area contributed by atoms with Crippen LogP contribution in [0.2, 0.25) is 0 Å². The molecule has 1 aliphatic rings. The Balaban J connectivity index is 2.25. The Morgan fingerprint density at radius 3 is 2.55 bits per heavy atom. The van der Waals surface area contributed by atoms with Crippen molar-refractivity contribution in [3.05, 3.63) is 27.5 Å². The van der Waals surface area contributed by atoms with Crippen LogP contribution in [0.4, 0.5) is 10.5 Å². The van der Waals surface area contributed by atoms with E-state index in [4.69, 9.17) is 9.47 Å². The van der Waals surface area contributed by atoms with Gasteiger partial charge in [0.2, 0.25) is 5.91 Å². The van der Waals surface area contributed by atoms with Crippen molar-refractivity contribution >= 4 is 35.0 Å². The summed E-state index contributed by atoms with van der Waals surface area (Å²) in [6, 6.07) is -0.766. The normalized spacial score (nSPS) is 18.5. The second-order valence-corrected chi connectivity index (χ2v) is 9.12. The van der Waals surface area contributed by atoms with E-state index < -0.39 is 23.7 Å². The highest BCUT2D eigenvalue weighted by atomic mass is 32.1. The van der Waals surface area contributed by atoms with Crippen LogP contribution in [0.25, 0.3) is 0 Å². The fourth-order valence-electron chi connectivity index (χ4n) is 3.10. The second kappa shape index (κ2) is 9.43. The minimum absolute atomic E-state index is 0.256.